The van der Waals surface area contributed by atoms with Gasteiger partial charge in [-0.1, -0.05) is 6.07 Å². The lowest BCUT2D eigenvalue weighted by molar-refractivity contribution is 0.133. The number of rotatable bonds is 1. The number of hydrogen-bond acceptors (Lipinski definition) is 4. The number of fused-ring (bicyclic) bond motifs is 1. The first kappa shape index (κ1) is 11.5. The molecule has 0 heterocycles. The second kappa shape index (κ2) is 4.28. The average molecular weight is 247 g/mol. The van der Waals surface area contributed by atoms with E-state index in [1.165, 1.54) is 18.2 Å². The summed E-state index contributed by atoms with van der Waals surface area (Å²) in [6, 6.07) is 3.01. The van der Waals surface area contributed by atoms with Crippen LogP contribution in [0.2, 0.25) is 0 Å². The van der Waals surface area contributed by atoms with Crippen LogP contribution < -0.4 is 0 Å². The summed E-state index contributed by atoms with van der Waals surface area (Å²) in [6.07, 6.45) is 4.00. The van der Waals surface area contributed by atoms with Crippen LogP contribution in [0.25, 0.3) is 0 Å². The van der Waals surface area contributed by atoms with Gasteiger partial charge in [0, 0.05) is 11.3 Å². The highest BCUT2D eigenvalue weighted by molar-refractivity contribution is 5.89. The van der Waals surface area contributed by atoms with Crippen molar-refractivity contribution in [3.05, 3.63) is 23.3 Å². The van der Waals surface area contributed by atoms with Crippen molar-refractivity contribution < 1.29 is 15.3 Å². The Morgan fingerprint density at radius 2 is 1.89 bits per heavy atom. The Bertz CT molecular complexity index is 504. The maximum atomic E-state index is 10.3. The fourth-order valence-corrected chi connectivity index (χ4v) is 2.67. The number of aromatic hydroxyl groups is 2. The third-order valence-electron chi connectivity index (χ3n) is 3.95. The Labute approximate surface area is 106 Å². The van der Waals surface area contributed by atoms with Gasteiger partial charge in [-0.15, -0.1) is 0 Å². The van der Waals surface area contributed by atoms with Crippen molar-refractivity contribution in [1.82, 2.24) is 0 Å². The first-order valence-electron chi connectivity index (χ1n) is 6.44. The molecule has 0 amide bonds. The van der Waals surface area contributed by atoms with Gasteiger partial charge < -0.3 is 15.3 Å². The van der Waals surface area contributed by atoms with Crippen LogP contribution in [-0.2, 0) is 6.42 Å². The van der Waals surface area contributed by atoms with Gasteiger partial charge in [0.1, 0.15) is 6.10 Å². The number of aliphatic hydroxyl groups excluding tert-OH is 1. The van der Waals surface area contributed by atoms with Crippen LogP contribution in [-0.4, -0.2) is 27.1 Å². The molecule has 1 aromatic rings. The van der Waals surface area contributed by atoms with E-state index < -0.39 is 6.10 Å². The molecule has 0 bridgehead atoms. The zero-order chi connectivity index (χ0) is 12.7. The van der Waals surface area contributed by atoms with E-state index in [-0.39, 0.29) is 17.5 Å². The maximum Gasteiger partial charge on any atom is 0.161 e. The SMILES string of the molecule is Oc1ccc2c(c1O)CC[C@@H](N=C1CCC1)[C@@H]2O. The van der Waals surface area contributed by atoms with Gasteiger partial charge in [-0.05, 0) is 43.7 Å². The highest BCUT2D eigenvalue weighted by Gasteiger charge is 2.30. The van der Waals surface area contributed by atoms with Crippen molar-refractivity contribution in [3.63, 3.8) is 0 Å². The molecule has 96 valence electrons. The van der Waals surface area contributed by atoms with E-state index in [2.05, 4.69) is 4.99 Å². The summed E-state index contributed by atoms with van der Waals surface area (Å²) in [4.78, 5) is 4.60. The molecule has 0 unspecified atom stereocenters. The van der Waals surface area contributed by atoms with E-state index in [0.717, 1.165) is 12.8 Å². The molecule has 3 rings (SSSR count). The standard InChI is InChI=1S/C14H17NO3/c16-12-7-5-9-10(14(12)18)4-6-11(13(9)17)15-8-2-1-3-8/h5,7,11,13,16-18H,1-4,6H2/t11-,13-/m1/s1. The number of phenols is 2. The van der Waals surface area contributed by atoms with E-state index in [1.807, 2.05) is 0 Å². The summed E-state index contributed by atoms with van der Waals surface area (Å²) in [5.41, 5.74) is 2.56. The molecule has 4 nitrogen and oxygen atoms in total. The van der Waals surface area contributed by atoms with Crippen molar-refractivity contribution in [3.8, 4) is 11.5 Å². The Morgan fingerprint density at radius 3 is 2.56 bits per heavy atom. The molecular formula is C14H17NO3. The summed E-state index contributed by atoms with van der Waals surface area (Å²) in [5, 5.41) is 29.6. The van der Waals surface area contributed by atoms with Crippen molar-refractivity contribution in [1.29, 1.82) is 0 Å². The molecule has 2 aliphatic carbocycles. The van der Waals surface area contributed by atoms with E-state index in [0.29, 0.717) is 24.0 Å². The predicted molar refractivity (Wildman–Crippen MR) is 68.1 cm³/mol. The van der Waals surface area contributed by atoms with Gasteiger partial charge in [-0.3, -0.25) is 4.99 Å². The Kier molecular flexibility index (Phi) is 2.74. The zero-order valence-electron chi connectivity index (χ0n) is 10.1. The normalized spacial score (nSPS) is 26.4. The van der Waals surface area contributed by atoms with Gasteiger partial charge in [-0.2, -0.15) is 0 Å². The molecule has 0 aromatic heterocycles. The smallest absolute Gasteiger partial charge is 0.161 e. The number of phenolic OH excluding ortho intramolecular Hbond substituents is 2. The number of aliphatic hydroxyl groups is 1. The monoisotopic (exact) mass is 247 g/mol. The van der Waals surface area contributed by atoms with Gasteiger partial charge >= 0.3 is 0 Å². The van der Waals surface area contributed by atoms with E-state index in [4.69, 9.17) is 0 Å². The number of aliphatic imine (C=N–C) groups is 1. The van der Waals surface area contributed by atoms with Crippen LogP contribution in [0.4, 0.5) is 0 Å². The Balaban J connectivity index is 1.92. The molecule has 18 heavy (non-hydrogen) atoms. The number of benzene rings is 1. The Morgan fingerprint density at radius 1 is 1.11 bits per heavy atom. The van der Waals surface area contributed by atoms with Crippen LogP contribution in [0.15, 0.2) is 17.1 Å². The maximum absolute atomic E-state index is 10.3. The van der Waals surface area contributed by atoms with Crippen molar-refractivity contribution in [2.45, 2.75) is 44.2 Å². The van der Waals surface area contributed by atoms with Gasteiger partial charge in [0.2, 0.25) is 0 Å². The molecule has 0 spiro atoms. The summed E-state index contributed by atoms with van der Waals surface area (Å²) in [5.74, 6) is -0.217. The molecule has 0 aliphatic heterocycles. The molecular weight excluding hydrogens is 230 g/mol. The highest BCUT2D eigenvalue weighted by atomic mass is 16.3. The molecule has 1 saturated carbocycles. The third kappa shape index (κ3) is 1.77. The van der Waals surface area contributed by atoms with Crippen molar-refractivity contribution >= 4 is 5.71 Å². The summed E-state index contributed by atoms with van der Waals surface area (Å²) in [6.45, 7) is 0. The van der Waals surface area contributed by atoms with Crippen molar-refractivity contribution in [2.24, 2.45) is 4.99 Å². The zero-order valence-corrected chi connectivity index (χ0v) is 10.1. The number of nitrogens with zero attached hydrogens (tertiary/aromatic N) is 1. The van der Waals surface area contributed by atoms with Crippen molar-refractivity contribution in [2.75, 3.05) is 0 Å². The quantitative estimate of drug-likeness (QED) is 0.665. The lowest BCUT2D eigenvalue weighted by Crippen LogP contribution is -2.26. The predicted octanol–water partition coefficient (Wildman–Crippen LogP) is 2.07. The summed E-state index contributed by atoms with van der Waals surface area (Å²) < 4.78 is 0. The summed E-state index contributed by atoms with van der Waals surface area (Å²) >= 11 is 0. The average Bonchev–Trinajstić information content (AvgIpc) is 2.31. The van der Waals surface area contributed by atoms with Gasteiger partial charge in [0.05, 0.1) is 6.04 Å². The number of hydrogen-bond donors (Lipinski definition) is 3. The minimum absolute atomic E-state index is 0.0960. The minimum Gasteiger partial charge on any atom is -0.504 e. The van der Waals surface area contributed by atoms with Gasteiger partial charge in [0.15, 0.2) is 11.5 Å². The molecule has 0 radical (unpaired) electrons. The topological polar surface area (TPSA) is 73.0 Å². The van der Waals surface area contributed by atoms with E-state index in [9.17, 15) is 15.3 Å². The van der Waals surface area contributed by atoms with Gasteiger partial charge in [-0.25, -0.2) is 0 Å². The molecule has 1 fully saturated rings. The first-order valence-corrected chi connectivity index (χ1v) is 6.44. The van der Waals surface area contributed by atoms with Crippen LogP contribution in [0.1, 0.15) is 42.9 Å². The molecule has 1 aromatic carbocycles. The molecule has 2 atom stereocenters. The van der Waals surface area contributed by atoms with Crippen LogP contribution in [0.3, 0.4) is 0 Å². The Hall–Kier alpha value is -1.55. The largest absolute Gasteiger partial charge is 0.504 e. The molecule has 2 aliphatic rings. The summed E-state index contributed by atoms with van der Waals surface area (Å²) in [7, 11) is 0. The van der Waals surface area contributed by atoms with Crippen LogP contribution in [0, 0.1) is 0 Å². The highest BCUT2D eigenvalue weighted by Crippen LogP contribution is 2.41. The van der Waals surface area contributed by atoms with E-state index >= 15 is 0 Å². The molecule has 4 heteroatoms. The van der Waals surface area contributed by atoms with Crippen LogP contribution >= 0.6 is 0 Å². The molecule has 3 N–H and O–H groups in total. The van der Waals surface area contributed by atoms with Gasteiger partial charge in [0.25, 0.3) is 0 Å². The fraction of sp³-hybridized carbons (Fsp3) is 0.500. The lowest BCUT2D eigenvalue weighted by atomic mass is 9.84. The first-order chi connectivity index (χ1) is 8.66. The minimum atomic E-state index is -0.673. The van der Waals surface area contributed by atoms with Crippen LogP contribution in [0.5, 0.6) is 11.5 Å². The lowest BCUT2D eigenvalue weighted by Gasteiger charge is -2.30. The molecule has 0 saturated heterocycles. The second-order valence-corrected chi connectivity index (χ2v) is 5.10. The third-order valence-corrected chi connectivity index (χ3v) is 3.95. The fourth-order valence-electron chi connectivity index (χ4n) is 2.67. The van der Waals surface area contributed by atoms with E-state index in [1.54, 1.807) is 6.07 Å². The second-order valence-electron chi connectivity index (χ2n) is 5.10.